The Labute approximate surface area is 207 Å². The zero-order chi connectivity index (χ0) is 25.8. The van der Waals surface area contributed by atoms with Crippen LogP contribution in [0.25, 0.3) is 0 Å². The summed E-state index contributed by atoms with van der Waals surface area (Å²) in [6.45, 7) is 11.2. The third-order valence-electron chi connectivity index (χ3n) is 6.15. The van der Waals surface area contributed by atoms with E-state index in [-0.39, 0.29) is 6.15 Å². The predicted molar refractivity (Wildman–Crippen MR) is 140 cm³/mol. The number of quaternary nitrogens is 1. The molecule has 0 aliphatic rings. The molecule has 0 saturated carbocycles. The molecule has 0 bridgehead atoms. The van der Waals surface area contributed by atoms with E-state index in [0.717, 1.165) is 0 Å². The molecule has 0 heterocycles. The van der Waals surface area contributed by atoms with Gasteiger partial charge in [-0.2, -0.15) is 0 Å². The SMILES string of the molecule is CCCCCCCC[N+](C)(CCCCCCCC)CCCCCCCC.F[P-](F)(F)(F)(F)F.N. The second kappa shape index (κ2) is 19.1. The van der Waals surface area contributed by atoms with Gasteiger partial charge >= 0.3 is 33.0 Å². The van der Waals surface area contributed by atoms with Crippen molar-refractivity contribution in [3.05, 3.63) is 0 Å². The van der Waals surface area contributed by atoms with E-state index in [1.807, 2.05) is 0 Å². The summed E-state index contributed by atoms with van der Waals surface area (Å²) in [7, 11) is -8.10. The van der Waals surface area contributed by atoms with E-state index in [1.165, 1.54) is 140 Å². The molecule has 0 aliphatic heterocycles. The van der Waals surface area contributed by atoms with Gasteiger partial charge in [-0.15, -0.1) is 0 Å². The van der Waals surface area contributed by atoms with Crippen LogP contribution >= 0.6 is 7.81 Å². The Balaban J connectivity index is -0.00000104. The molecule has 0 aromatic heterocycles. The molecule has 0 amide bonds. The summed E-state index contributed by atoms with van der Waals surface area (Å²) in [4.78, 5) is 0. The number of rotatable bonds is 21. The summed E-state index contributed by atoms with van der Waals surface area (Å²) in [5, 5.41) is 0. The normalized spacial score (nSPS) is 13.9. The van der Waals surface area contributed by atoms with E-state index in [1.54, 1.807) is 0 Å². The maximum absolute atomic E-state index is 10.7. The van der Waals surface area contributed by atoms with Crippen molar-refractivity contribution in [1.29, 1.82) is 0 Å². The Hall–Kier alpha value is -0.0700. The van der Waals surface area contributed by atoms with Crippen LogP contribution < -0.4 is 6.15 Å². The minimum absolute atomic E-state index is 0. The largest absolute Gasteiger partial charge is 0.344 e. The van der Waals surface area contributed by atoms with Crippen LogP contribution in [-0.4, -0.2) is 31.2 Å². The summed E-state index contributed by atoms with van der Waals surface area (Å²) in [5.41, 5.74) is 0. The minimum Gasteiger partial charge on any atom is -0.344 e. The van der Waals surface area contributed by atoms with Gasteiger partial charge in [0.1, 0.15) is 0 Å². The monoisotopic (exact) mass is 530 g/mol. The van der Waals surface area contributed by atoms with Crippen molar-refractivity contribution in [3.63, 3.8) is 0 Å². The Morgan fingerprint density at radius 2 is 0.588 bits per heavy atom. The summed E-state index contributed by atoms with van der Waals surface area (Å²) in [5.74, 6) is 0. The molecule has 0 aliphatic carbocycles. The smallest absolute Gasteiger partial charge is 0.344 e. The fraction of sp³-hybridized carbons (Fsp3) is 1.00. The Morgan fingerprint density at radius 1 is 0.412 bits per heavy atom. The van der Waals surface area contributed by atoms with Crippen LogP contribution in [0.15, 0.2) is 0 Å². The summed E-state index contributed by atoms with van der Waals surface area (Å²) < 4.78 is 60.6. The van der Waals surface area contributed by atoms with E-state index < -0.39 is 7.81 Å². The molecule has 0 aromatic carbocycles. The van der Waals surface area contributed by atoms with Gasteiger partial charge in [-0.05, 0) is 38.5 Å². The van der Waals surface area contributed by atoms with Crippen molar-refractivity contribution in [2.24, 2.45) is 0 Å². The molecule has 3 N–H and O–H groups in total. The van der Waals surface area contributed by atoms with Crippen LogP contribution in [0.4, 0.5) is 25.2 Å². The molecule has 0 saturated heterocycles. The topological polar surface area (TPSA) is 35.0 Å². The van der Waals surface area contributed by atoms with Gasteiger partial charge < -0.3 is 10.6 Å². The van der Waals surface area contributed by atoms with Gasteiger partial charge in [-0.3, -0.25) is 0 Å². The van der Waals surface area contributed by atoms with Gasteiger partial charge in [-0.25, -0.2) is 0 Å². The van der Waals surface area contributed by atoms with Gasteiger partial charge in [0.2, 0.25) is 0 Å². The Bertz CT molecular complexity index is 391. The standard InChI is InChI=1S/C25H54N.F6P.H3N/c1-5-8-11-14-17-20-23-26(4,24-21-18-15-12-9-6-2)25-22-19-16-13-10-7-3;1-7(2,3,4,5)6;/h5-25H2,1-4H3;;1H3/q+1;-1;. The molecular weight excluding hydrogens is 473 g/mol. The summed E-state index contributed by atoms with van der Waals surface area (Å²) >= 11 is 0. The number of hydrogen-bond acceptors (Lipinski definition) is 1. The second-order valence-electron chi connectivity index (χ2n) is 10.1. The molecule has 34 heavy (non-hydrogen) atoms. The molecule has 214 valence electrons. The van der Waals surface area contributed by atoms with Crippen molar-refractivity contribution in [2.45, 2.75) is 136 Å². The quantitative estimate of drug-likeness (QED) is 0.0681. The molecule has 0 rings (SSSR count). The molecule has 0 aromatic rings. The van der Waals surface area contributed by atoms with Crippen molar-refractivity contribution >= 4 is 7.81 Å². The van der Waals surface area contributed by atoms with Crippen molar-refractivity contribution in [1.82, 2.24) is 6.15 Å². The molecule has 0 radical (unpaired) electrons. The van der Waals surface area contributed by atoms with E-state index >= 15 is 0 Å². The fourth-order valence-electron chi connectivity index (χ4n) is 4.16. The third kappa shape index (κ3) is 42.1. The van der Waals surface area contributed by atoms with E-state index in [4.69, 9.17) is 0 Å². The number of hydrogen-bond donors (Lipinski definition) is 1. The molecule has 0 fully saturated rings. The van der Waals surface area contributed by atoms with Gasteiger partial charge in [0.25, 0.3) is 0 Å². The first-order valence-electron chi connectivity index (χ1n) is 13.5. The number of halogens is 6. The van der Waals surface area contributed by atoms with Gasteiger partial charge in [0.05, 0.1) is 26.7 Å². The van der Waals surface area contributed by atoms with Crippen molar-refractivity contribution in [3.8, 4) is 0 Å². The van der Waals surface area contributed by atoms with Crippen LogP contribution in [0.2, 0.25) is 0 Å². The maximum Gasteiger partial charge on any atom is -0.344 e. The van der Waals surface area contributed by atoms with Crippen LogP contribution in [0, 0.1) is 0 Å². The van der Waals surface area contributed by atoms with E-state index in [2.05, 4.69) is 27.8 Å². The number of unbranched alkanes of at least 4 members (excludes halogenated alkanes) is 15. The Kier molecular flexibility index (Phi) is 21.6. The first-order chi connectivity index (χ1) is 15.1. The fourth-order valence-corrected chi connectivity index (χ4v) is 4.16. The van der Waals surface area contributed by atoms with Crippen LogP contribution in [0.1, 0.15) is 136 Å². The van der Waals surface area contributed by atoms with Crippen molar-refractivity contribution < 1.29 is 29.7 Å². The maximum atomic E-state index is 9.87. The summed E-state index contributed by atoms with van der Waals surface area (Å²) in [6.07, 6.45) is 25.9. The zero-order valence-corrected chi connectivity index (χ0v) is 23.6. The van der Waals surface area contributed by atoms with Gasteiger partial charge in [0, 0.05) is 0 Å². The molecule has 9 heteroatoms. The van der Waals surface area contributed by atoms with Crippen LogP contribution in [0.3, 0.4) is 0 Å². The average molecular weight is 531 g/mol. The van der Waals surface area contributed by atoms with Crippen molar-refractivity contribution in [2.75, 3.05) is 26.7 Å². The zero-order valence-electron chi connectivity index (χ0n) is 22.7. The number of nitrogens with zero attached hydrogens (tertiary/aromatic N) is 1. The molecule has 0 atom stereocenters. The van der Waals surface area contributed by atoms with E-state index in [0.29, 0.717) is 0 Å². The second-order valence-corrected chi connectivity index (χ2v) is 12.0. The van der Waals surface area contributed by atoms with Gasteiger partial charge in [0.15, 0.2) is 0 Å². The third-order valence-corrected chi connectivity index (χ3v) is 6.15. The van der Waals surface area contributed by atoms with E-state index in [9.17, 15) is 25.2 Å². The Morgan fingerprint density at radius 3 is 0.794 bits per heavy atom. The molecule has 0 spiro atoms. The van der Waals surface area contributed by atoms with Crippen LogP contribution in [0.5, 0.6) is 0 Å². The van der Waals surface area contributed by atoms with Crippen LogP contribution in [-0.2, 0) is 0 Å². The summed E-state index contributed by atoms with van der Waals surface area (Å²) in [6, 6.07) is 0. The van der Waals surface area contributed by atoms with Gasteiger partial charge in [-0.1, -0.05) is 97.8 Å². The molecule has 0 unspecified atom stereocenters. The first-order valence-corrected chi connectivity index (χ1v) is 15.6. The first kappa shape index (κ1) is 38.5. The predicted octanol–water partition coefficient (Wildman–Crippen LogP) is 12.1. The minimum atomic E-state index is -10.7. The average Bonchev–Trinajstić information content (AvgIpc) is 2.68. The molecular formula is C25H57F6N2P. The molecule has 2 nitrogen and oxygen atoms in total.